The summed E-state index contributed by atoms with van der Waals surface area (Å²) in [7, 11) is 1.52. The van der Waals surface area contributed by atoms with Crippen molar-refractivity contribution in [2.75, 3.05) is 23.9 Å². The maximum atomic E-state index is 11.8. The van der Waals surface area contributed by atoms with Crippen LogP contribution in [-0.4, -0.2) is 35.2 Å². The number of methoxy groups -OCH3 is 1. The van der Waals surface area contributed by atoms with Crippen molar-refractivity contribution in [1.29, 1.82) is 0 Å². The number of nitrogen functional groups attached to an aromatic ring is 1. The summed E-state index contributed by atoms with van der Waals surface area (Å²) in [6.45, 7) is 3.59. The second kappa shape index (κ2) is 7.25. The van der Waals surface area contributed by atoms with Crippen molar-refractivity contribution in [3.05, 3.63) is 18.2 Å². The van der Waals surface area contributed by atoms with E-state index in [4.69, 9.17) is 10.5 Å². The molecule has 0 aliphatic rings. The molecule has 2 atom stereocenters. The zero-order chi connectivity index (χ0) is 14.4. The Hall–Kier alpha value is -1.40. The maximum Gasteiger partial charge on any atom is 0.234 e. The number of rotatable bonds is 6. The molecule has 0 aliphatic carbocycles. The van der Waals surface area contributed by atoms with Crippen molar-refractivity contribution in [3.8, 4) is 5.75 Å². The molecule has 0 bridgehead atoms. The Morgan fingerprint density at radius 3 is 2.79 bits per heavy atom. The number of hydrogen-bond donors (Lipinski definition) is 3. The van der Waals surface area contributed by atoms with Crippen LogP contribution < -0.4 is 15.8 Å². The van der Waals surface area contributed by atoms with Crippen LogP contribution in [0.2, 0.25) is 0 Å². The molecular formula is C13H20N2O3S. The molecule has 106 valence electrons. The van der Waals surface area contributed by atoms with Crippen LogP contribution in [0.5, 0.6) is 5.75 Å². The third-order valence-corrected chi connectivity index (χ3v) is 4.00. The molecule has 0 saturated heterocycles. The van der Waals surface area contributed by atoms with Crippen LogP contribution in [0, 0.1) is 0 Å². The van der Waals surface area contributed by atoms with E-state index >= 15 is 0 Å². The average molecular weight is 284 g/mol. The zero-order valence-electron chi connectivity index (χ0n) is 11.3. The van der Waals surface area contributed by atoms with Gasteiger partial charge in [0.1, 0.15) is 5.75 Å². The van der Waals surface area contributed by atoms with Crippen molar-refractivity contribution < 1.29 is 14.6 Å². The van der Waals surface area contributed by atoms with Crippen molar-refractivity contribution >= 4 is 29.0 Å². The summed E-state index contributed by atoms with van der Waals surface area (Å²) in [6.07, 6.45) is -0.441. The fraction of sp³-hybridized carbons (Fsp3) is 0.462. The molecule has 0 aliphatic heterocycles. The van der Waals surface area contributed by atoms with E-state index in [9.17, 15) is 9.90 Å². The number of nitrogens with two attached hydrogens (primary N) is 1. The van der Waals surface area contributed by atoms with Gasteiger partial charge in [0.15, 0.2) is 0 Å². The number of carbonyl (C=O) groups is 1. The number of amides is 1. The van der Waals surface area contributed by atoms with E-state index in [1.54, 1.807) is 25.1 Å². The monoisotopic (exact) mass is 284 g/mol. The Kier molecular flexibility index (Phi) is 5.98. The summed E-state index contributed by atoms with van der Waals surface area (Å²) >= 11 is 1.40. The van der Waals surface area contributed by atoms with Crippen LogP contribution in [0.3, 0.4) is 0 Å². The minimum atomic E-state index is -0.441. The van der Waals surface area contributed by atoms with Crippen LogP contribution >= 0.6 is 11.8 Å². The lowest BCUT2D eigenvalue weighted by Gasteiger charge is -2.14. The highest BCUT2D eigenvalue weighted by Crippen LogP contribution is 2.26. The van der Waals surface area contributed by atoms with Gasteiger partial charge in [0.05, 0.1) is 24.7 Å². The topological polar surface area (TPSA) is 84.6 Å². The molecule has 0 spiro atoms. The van der Waals surface area contributed by atoms with E-state index in [0.29, 0.717) is 17.1 Å². The average Bonchev–Trinajstić information content (AvgIpc) is 2.37. The predicted octanol–water partition coefficient (Wildman–Crippen LogP) is 1.72. The van der Waals surface area contributed by atoms with Gasteiger partial charge in [0.25, 0.3) is 0 Å². The van der Waals surface area contributed by atoms with Crippen molar-refractivity contribution in [2.45, 2.75) is 25.2 Å². The highest BCUT2D eigenvalue weighted by molar-refractivity contribution is 8.00. The molecule has 2 unspecified atom stereocenters. The lowest BCUT2D eigenvalue weighted by atomic mass is 10.2. The lowest BCUT2D eigenvalue weighted by Crippen LogP contribution is -2.21. The molecule has 1 aromatic carbocycles. The van der Waals surface area contributed by atoms with E-state index in [1.165, 1.54) is 18.9 Å². The Bertz CT molecular complexity index is 438. The largest absolute Gasteiger partial charge is 0.494 e. The number of aliphatic hydroxyl groups excluding tert-OH is 1. The molecule has 6 heteroatoms. The van der Waals surface area contributed by atoms with Gasteiger partial charge in [-0.25, -0.2) is 0 Å². The second-order valence-corrected chi connectivity index (χ2v) is 5.63. The number of benzene rings is 1. The number of hydrogen-bond acceptors (Lipinski definition) is 5. The zero-order valence-corrected chi connectivity index (χ0v) is 12.2. The Morgan fingerprint density at radius 1 is 1.53 bits per heavy atom. The van der Waals surface area contributed by atoms with Crippen molar-refractivity contribution in [2.24, 2.45) is 0 Å². The van der Waals surface area contributed by atoms with Crippen LogP contribution in [0.1, 0.15) is 13.8 Å². The van der Waals surface area contributed by atoms with E-state index < -0.39 is 6.10 Å². The third kappa shape index (κ3) is 5.00. The predicted molar refractivity (Wildman–Crippen MR) is 79.6 cm³/mol. The van der Waals surface area contributed by atoms with Gasteiger partial charge in [-0.3, -0.25) is 4.79 Å². The number of carbonyl (C=O) groups excluding carboxylic acids is 1. The molecule has 0 saturated carbocycles. The Labute approximate surface area is 117 Å². The first kappa shape index (κ1) is 15.7. The number of anilines is 2. The minimum Gasteiger partial charge on any atom is -0.494 e. The summed E-state index contributed by atoms with van der Waals surface area (Å²) in [4.78, 5) is 11.8. The highest BCUT2D eigenvalue weighted by atomic mass is 32.2. The Balaban J connectivity index is 2.57. The van der Waals surface area contributed by atoms with E-state index in [-0.39, 0.29) is 16.9 Å². The molecule has 1 aromatic rings. The van der Waals surface area contributed by atoms with Crippen LogP contribution in [0.25, 0.3) is 0 Å². The van der Waals surface area contributed by atoms with Crippen molar-refractivity contribution in [3.63, 3.8) is 0 Å². The van der Waals surface area contributed by atoms with Crippen LogP contribution in [-0.2, 0) is 4.79 Å². The fourth-order valence-electron chi connectivity index (χ4n) is 1.34. The molecule has 19 heavy (non-hydrogen) atoms. The Morgan fingerprint density at radius 2 is 2.21 bits per heavy atom. The number of ether oxygens (including phenoxy) is 1. The van der Waals surface area contributed by atoms with Gasteiger partial charge in [-0.2, -0.15) is 0 Å². The first-order valence-electron chi connectivity index (χ1n) is 5.97. The summed E-state index contributed by atoms with van der Waals surface area (Å²) in [6, 6.07) is 5.06. The molecule has 5 nitrogen and oxygen atoms in total. The highest BCUT2D eigenvalue weighted by Gasteiger charge is 2.13. The fourth-order valence-corrected chi connectivity index (χ4v) is 2.11. The lowest BCUT2D eigenvalue weighted by molar-refractivity contribution is -0.113. The first-order valence-corrected chi connectivity index (χ1v) is 7.02. The molecule has 0 radical (unpaired) electrons. The standard InChI is InChI=1S/C13H20N2O3S/c1-8(16)9(2)19-7-13(17)15-11-5-4-10(14)6-12(11)18-3/h4-6,8-9,16H,7,14H2,1-3H3,(H,15,17). The van der Waals surface area contributed by atoms with Gasteiger partial charge in [-0.15, -0.1) is 11.8 Å². The molecular weight excluding hydrogens is 264 g/mol. The summed E-state index contributed by atoms with van der Waals surface area (Å²) in [5.41, 5.74) is 6.81. The third-order valence-electron chi connectivity index (χ3n) is 2.66. The SMILES string of the molecule is COc1cc(N)ccc1NC(=O)CSC(C)C(C)O. The van der Waals surface area contributed by atoms with Gasteiger partial charge in [0.2, 0.25) is 5.91 Å². The molecule has 4 N–H and O–H groups in total. The van der Waals surface area contributed by atoms with Crippen molar-refractivity contribution in [1.82, 2.24) is 0 Å². The van der Waals surface area contributed by atoms with Gasteiger partial charge < -0.3 is 20.9 Å². The second-order valence-electron chi connectivity index (χ2n) is 4.26. The number of thioether (sulfide) groups is 1. The molecule has 1 rings (SSSR count). The van der Waals surface area contributed by atoms with Crippen LogP contribution in [0.4, 0.5) is 11.4 Å². The van der Waals surface area contributed by atoms with E-state index in [1.807, 2.05) is 6.92 Å². The molecule has 0 aromatic heterocycles. The van der Waals surface area contributed by atoms with E-state index in [0.717, 1.165) is 0 Å². The van der Waals surface area contributed by atoms with Gasteiger partial charge in [0, 0.05) is 17.0 Å². The van der Waals surface area contributed by atoms with Gasteiger partial charge >= 0.3 is 0 Å². The smallest absolute Gasteiger partial charge is 0.234 e. The summed E-state index contributed by atoms with van der Waals surface area (Å²) in [5, 5.41) is 12.1. The maximum absolute atomic E-state index is 11.8. The van der Waals surface area contributed by atoms with Gasteiger partial charge in [-0.1, -0.05) is 6.92 Å². The molecule has 0 heterocycles. The molecule has 1 amide bonds. The molecule has 0 fully saturated rings. The van der Waals surface area contributed by atoms with Gasteiger partial charge in [-0.05, 0) is 19.1 Å². The normalized spacial score (nSPS) is 13.7. The number of nitrogens with one attached hydrogen (secondary N) is 1. The summed E-state index contributed by atoms with van der Waals surface area (Å²) < 4.78 is 5.15. The van der Waals surface area contributed by atoms with Crippen LogP contribution in [0.15, 0.2) is 18.2 Å². The first-order chi connectivity index (χ1) is 8.93. The van der Waals surface area contributed by atoms with E-state index in [2.05, 4.69) is 5.32 Å². The summed E-state index contributed by atoms with van der Waals surface area (Å²) in [5.74, 6) is 0.669. The minimum absolute atomic E-state index is 0.0130. The quantitative estimate of drug-likeness (QED) is 0.693. The number of aliphatic hydroxyl groups is 1.